The Balaban J connectivity index is 1.54. The van der Waals surface area contributed by atoms with Gasteiger partial charge in [0.2, 0.25) is 0 Å². The number of benzene rings is 2. The summed E-state index contributed by atoms with van der Waals surface area (Å²) in [4.78, 5) is 31.3. The maximum atomic E-state index is 13.5. The van der Waals surface area contributed by atoms with Crippen molar-refractivity contribution in [3.63, 3.8) is 0 Å². The first-order chi connectivity index (χ1) is 16.5. The topological polar surface area (TPSA) is 45.6 Å². The molecule has 2 fully saturated rings. The van der Waals surface area contributed by atoms with Crippen LogP contribution in [0.15, 0.2) is 64.3 Å². The van der Waals surface area contributed by atoms with E-state index in [2.05, 4.69) is 23.1 Å². The number of hydrogen-bond acceptors (Lipinski definition) is 5. The van der Waals surface area contributed by atoms with Gasteiger partial charge in [-0.25, -0.2) is 0 Å². The summed E-state index contributed by atoms with van der Waals surface area (Å²) in [6.07, 6.45) is 5.92. The van der Waals surface area contributed by atoms with Gasteiger partial charge in [-0.05, 0) is 43.4 Å². The highest BCUT2D eigenvalue weighted by Gasteiger charge is 2.33. The molecule has 1 amide bonds. The number of carbonyl (C=O) groups excluding carboxylic acids is 1. The quantitative estimate of drug-likeness (QED) is 0.374. The van der Waals surface area contributed by atoms with Gasteiger partial charge in [0, 0.05) is 32.1 Å². The molecule has 174 valence electrons. The molecule has 2 aliphatic heterocycles. The number of thiocarbonyl (C=S) groups is 1. The van der Waals surface area contributed by atoms with E-state index in [1.54, 1.807) is 22.6 Å². The van der Waals surface area contributed by atoms with Crippen molar-refractivity contribution in [2.24, 2.45) is 7.05 Å². The van der Waals surface area contributed by atoms with Gasteiger partial charge in [0.15, 0.2) is 0 Å². The minimum atomic E-state index is -0.120. The molecule has 0 unspecified atom stereocenters. The van der Waals surface area contributed by atoms with Gasteiger partial charge in [0.25, 0.3) is 11.5 Å². The normalized spacial score (nSPS) is 17.9. The standard InChI is InChI=1S/C27H27N3O2S2/c1-28-22-13-7-6-12-20(22)24(29-15-8-3-9-16-29)21(25(28)31)18-23-26(32)30(27(33)34-23)17-14-19-10-4-2-5-11-19/h2,4-7,10-13,18H,3,8-9,14-17H2,1H3. The van der Waals surface area contributed by atoms with Crippen LogP contribution in [0.5, 0.6) is 0 Å². The van der Waals surface area contributed by atoms with Gasteiger partial charge in [0.05, 0.1) is 21.7 Å². The number of amides is 1. The van der Waals surface area contributed by atoms with E-state index in [1.807, 2.05) is 36.4 Å². The van der Waals surface area contributed by atoms with Crippen molar-refractivity contribution in [3.05, 3.63) is 81.0 Å². The van der Waals surface area contributed by atoms with Crippen molar-refractivity contribution in [1.29, 1.82) is 0 Å². The maximum absolute atomic E-state index is 13.5. The summed E-state index contributed by atoms with van der Waals surface area (Å²) in [5.41, 5.74) is 3.49. The van der Waals surface area contributed by atoms with Crippen molar-refractivity contribution in [1.82, 2.24) is 9.47 Å². The lowest BCUT2D eigenvalue weighted by atomic mass is 10.0. The number of para-hydroxylation sites is 1. The average Bonchev–Trinajstić information content (AvgIpc) is 3.14. The van der Waals surface area contributed by atoms with Gasteiger partial charge >= 0.3 is 0 Å². The summed E-state index contributed by atoms with van der Waals surface area (Å²) in [5, 5.41) is 1.04. The number of piperidine rings is 1. The van der Waals surface area contributed by atoms with Crippen LogP contribution in [-0.2, 0) is 18.3 Å². The molecule has 2 aromatic carbocycles. The number of hydrogen-bond donors (Lipinski definition) is 0. The van der Waals surface area contributed by atoms with Crippen LogP contribution in [0, 0.1) is 0 Å². The Labute approximate surface area is 209 Å². The second-order valence-corrected chi connectivity index (χ2v) is 10.4. The molecule has 3 heterocycles. The number of carbonyl (C=O) groups is 1. The summed E-state index contributed by atoms with van der Waals surface area (Å²) >= 11 is 6.84. The van der Waals surface area contributed by atoms with E-state index in [0.717, 1.165) is 54.5 Å². The van der Waals surface area contributed by atoms with Crippen molar-refractivity contribution in [2.75, 3.05) is 24.5 Å². The fraction of sp³-hybridized carbons (Fsp3) is 0.296. The lowest BCUT2D eigenvalue weighted by Crippen LogP contribution is -2.33. The Kier molecular flexibility index (Phi) is 6.57. The van der Waals surface area contributed by atoms with Crippen molar-refractivity contribution >= 4 is 56.9 Å². The molecule has 3 aromatic rings. The molecule has 0 aliphatic carbocycles. The zero-order valence-corrected chi connectivity index (χ0v) is 20.8. The molecular weight excluding hydrogens is 462 g/mol. The maximum Gasteiger partial charge on any atom is 0.266 e. The lowest BCUT2D eigenvalue weighted by Gasteiger charge is -2.31. The number of thioether (sulfide) groups is 1. The minimum Gasteiger partial charge on any atom is -0.370 e. The predicted octanol–water partition coefficient (Wildman–Crippen LogP) is 4.97. The zero-order chi connectivity index (χ0) is 23.7. The third-order valence-electron chi connectivity index (χ3n) is 6.60. The molecule has 0 N–H and O–H groups in total. The van der Waals surface area contributed by atoms with Gasteiger partial charge in [0.1, 0.15) is 4.32 Å². The highest BCUT2D eigenvalue weighted by Crippen LogP contribution is 2.36. The van der Waals surface area contributed by atoms with Crippen LogP contribution in [0.25, 0.3) is 17.0 Å². The molecule has 1 aromatic heterocycles. The van der Waals surface area contributed by atoms with Crippen LogP contribution in [0.3, 0.4) is 0 Å². The van der Waals surface area contributed by atoms with Crippen molar-refractivity contribution in [3.8, 4) is 0 Å². The fourth-order valence-corrected chi connectivity index (χ4v) is 6.09. The summed E-state index contributed by atoms with van der Waals surface area (Å²) in [6, 6.07) is 18.1. The first-order valence-corrected chi connectivity index (χ1v) is 12.9. The fourth-order valence-electron chi connectivity index (χ4n) is 4.80. The van der Waals surface area contributed by atoms with Gasteiger partial charge in [-0.3, -0.25) is 14.5 Å². The number of nitrogens with zero attached hydrogens (tertiary/aromatic N) is 3. The second kappa shape index (κ2) is 9.76. The molecular formula is C27H27N3O2S2. The molecule has 2 aliphatic rings. The summed E-state index contributed by atoms with van der Waals surface area (Å²) < 4.78 is 2.23. The number of aromatic nitrogens is 1. The molecule has 0 saturated carbocycles. The van der Waals surface area contributed by atoms with Crippen LogP contribution in [-0.4, -0.2) is 39.3 Å². The number of anilines is 1. The smallest absolute Gasteiger partial charge is 0.266 e. The number of rotatable bonds is 5. The van der Waals surface area contributed by atoms with E-state index in [9.17, 15) is 9.59 Å². The van der Waals surface area contributed by atoms with Crippen LogP contribution < -0.4 is 10.5 Å². The zero-order valence-electron chi connectivity index (χ0n) is 19.2. The first-order valence-electron chi connectivity index (χ1n) is 11.7. The number of fused-ring (bicyclic) bond motifs is 1. The Morgan fingerprint density at radius 3 is 2.44 bits per heavy atom. The first kappa shape index (κ1) is 22.9. The summed E-state index contributed by atoms with van der Waals surface area (Å²) in [7, 11) is 1.80. The Bertz CT molecular complexity index is 1340. The van der Waals surface area contributed by atoms with E-state index in [1.165, 1.54) is 18.2 Å². The van der Waals surface area contributed by atoms with E-state index < -0.39 is 0 Å². The Hall–Kier alpha value is -2.90. The van der Waals surface area contributed by atoms with Gasteiger partial charge in [-0.15, -0.1) is 0 Å². The van der Waals surface area contributed by atoms with E-state index in [0.29, 0.717) is 21.3 Å². The molecule has 34 heavy (non-hydrogen) atoms. The monoisotopic (exact) mass is 489 g/mol. The predicted molar refractivity (Wildman–Crippen MR) is 145 cm³/mol. The largest absolute Gasteiger partial charge is 0.370 e. The van der Waals surface area contributed by atoms with E-state index >= 15 is 0 Å². The molecule has 0 radical (unpaired) electrons. The van der Waals surface area contributed by atoms with Crippen LogP contribution in [0.4, 0.5) is 5.69 Å². The molecule has 2 saturated heterocycles. The van der Waals surface area contributed by atoms with E-state index in [-0.39, 0.29) is 11.5 Å². The highest BCUT2D eigenvalue weighted by molar-refractivity contribution is 8.26. The number of aryl methyl sites for hydroxylation is 1. The third-order valence-corrected chi connectivity index (χ3v) is 7.98. The van der Waals surface area contributed by atoms with E-state index in [4.69, 9.17) is 12.2 Å². The highest BCUT2D eigenvalue weighted by atomic mass is 32.2. The molecule has 0 bridgehead atoms. The molecule has 5 nitrogen and oxygen atoms in total. The van der Waals surface area contributed by atoms with Crippen LogP contribution >= 0.6 is 24.0 Å². The molecule has 0 atom stereocenters. The van der Waals surface area contributed by atoms with Gasteiger partial charge in [-0.1, -0.05) is 72.5 Å². The molecule has 7 heteroatoms. The van der Waals surface area contributed by atoms with Gasteiger partial charge in [-0.2, -0.15) is 0 Å². The third kappa shape index (κ3) is 4.30. The average molecular weight is 490 g/mol. The Morgan fingerprint density at radius 2 is 1.68 bits per heavy atom. The van der Waals surface area contributed by atoms with Gasteiger partial charge < -0.3 is 9.47 Å². The molecule has 0 spiro atoms. The van der Waals surface area contributed by atoms with Crippen molar-refractivity contribution in [2.45, 2.75) is 25.7 Å². The number of pyridine rings is 1. The van der Waals surface area contributed by atoms with Crippen LogP contribution in [0.1, 0.15) is 30.4 Å². The van der Waals surface area contributed by atoms with Crippen molar-refractivity contribution < 1.29 is 4.79 Å². The molecule has 5 rings (SSSR count). The lowest BCUT2D eigenvalue weighted by molar-refractivity contribution is -0.122. The summed E-state index contributed by atoms with van der Waals surface area (Å²) in [6.45, 7) is 2.35. The van der Waals surface area contributed by atoms with Crippen LogP contribution in [0.2, 0.25) is 0 Å². The second-order valence-electron chi connectivity index (χ2n) is 8.76. The summed E-state index contributed by atoms with van der Waals surface area (Å²) in [5.74, 6) is -0.120. The Morgan fingerprint density at radius 1 is 0.971 bits per heavy atom. The minimum absolute atomic E-state index is 0.0890. The SMILES string of the molecule is Cn1c(=O)c(C=C2SC(=S)N(CCc3ccccc3)C2=O)c(N2CCCCC2)c2ccccc21.